The molecule has 27 heavy (non-hydrogen) atoms. The predicted molar refractivity (Wildman–Crippen MR) is 99.8 cm³/mol. The molecule has 1 aliphatic carbocycles. The summed E-state index contributed by atoms with van der Waals surface area (Å²) in [7, 11) is -1.35. The highest BCUT2D eigenvalue weighted by Gasteiger charge is 2.32. The Hall–Kier alpha value is -2.49. The fourth-order valence-electron chi connectivity index (χ4n) is 3.30. The second-order valence-corrected chi connectivity index (χ2v) is 9.40. The lowest BCUT2D eigenvalue weighted by atomic mass is 10.2. The number of carbonyl (C=O) groups excluding carboxylic acids is 1. The topological polar surface area (TPSA) is 110 Å². The SMILES string of the molecule is CN(C(=O)CNc1cccc(-c2nnnn2C2CC2)c1)[C@H]1CCS(=O)(=O)C1. The van der Waals surface area contributed by atoms with Crippen molar-refractivity contribution >= 4 is 21.4 Å². The number of nitrogens with one attached hydrogen (secondary N) is 1. The molecule has 1 saturated carbocycles. The minimum atomic E-state index is -3.01. The third kappa shape index (κ3) is 3.95. The van der Waals surface area contributed by atoms with Crippen molar-refractivity contribution in [2.24, 2.45) is 0 Å². The van der Waals surface area contributed by atoms with Gasteiger partial charge in [-0.3, -0.25) is 4.79 Å². The minimum Gasteiger partial charge on any atom is -0.376 e. The number of carbonyl (C=O) groups is 1. The average molecular weight is 390 g/mol. The summed E-state index contributed by atoms with van der Waals surface area (Å²) in [6, 6.07) is 7.76. The van der Waals surface area contributed by atoms with Crippen molar-refractivity contribution in [3.63, 3.8) is 0 Å². The maximum absolute atomic E-state index is 12.4. The van der Waals surface area contributed by atoms with E-state index < -0.39 is 9.84 Å². The summed E-state index contributed by atoms with van der Waals surface area (Å²) < 4.78 is 25.1. The van der Waals surface area contributed by atoms with Crippen molar-refractivity contribution in [2.45, 2.75) is 31.3 Å². The van der Waals surface area contributed by atoms with Crippen molar-refractivity contribution in [1.82, 2.24) is 25.1 Å². The first-order valence-electron chi connectivity index (χ1n) is 9.01. The Bertz CT molecular complexity index is 953. The van der Waals surface area contributed by atoms with Crippen LogP contribution in [-0.2, 0) is 14.6 Å². The van der Waals surface area contributed by atoms with Crippen LogP contribution in [0.2, 0.25) is 0 Å². The van der Waals surface area contributed by atoms with E-state index in [-0.39, 0.29) is 30.0 Å². The van der Waals surface area contributed by atoms with Gasteiger partial charge in [-0.15, -0.1) is 5.10 Å². The largest absolute Gasteiger partial charge is 0.376 e. The number of hydrogen-bond donors (Lipinski definition) is 1. The standard InChI is InChI=1S/C17H22N6O3S/c1-22(15-7-8-27(25,26)11-15)16(24)10-18-13-4-2-3-12(9-13)17-19-20-21-23(17)14-5-6-14/h2-4,9,14-15,18H,5-8,10-11H2,1H3/t15-/m0/s1. The van der Waals surface area contributed by atoms with Crippen LogP contribution in [-0.4, -0.2) is 70.6 Å². The lowest BCUT2D eigenvalue weighted by Gasteiger charge is -2.23. The number of nitrogens with zero attached hydrogens (tertiary/aromatic N) is 5. The van der Waals surface area contributed by atoms with Crippen molar-refractivity contribution in [3.8, 4) is 11.4 Å². The number of aromatic nitrogens is 4. The molecule has 0 bridgehead atoms. The third-order valence-electron chi connectivity index (χ3n) is 5.10. The van der Waals surface area contributed by atoms with E-state index >= 15 is 0 Å². The molecule has 2 heterocycles. The van der Waals surface area contributed by atoms with Crippen molar-refractivity contribution < 1.29 is 13.2 Å². The second-order valence-electron chi connectivity index (χ2n) is 7.17. The Morgan fingerprint density at radius 1 is 1.33 bits per heavy atom. The Kier molecular flexibility index (Phi) is 4.58. The van der Waals surface area contributed by atoms with Crippen LogP contribution < -0.4 is 5.32 Å². The fourth-order valence-corrected chi connectivity index (χ4v) is 5.08. The number of sulfone groups is 1. The number of benzene rings is 1. The van der Waals surface area contributed by atoms with Gasteiger partial charge in [-0.25, -0.2) is 13.1 Å². The first kappa shape index (κ1) is 17.9. The summed E-state index contributed by atoms with van der Waals surface area (Å²) in [5, 5.41) is 15.1. The Morgan fingerprint density at radius 2 is 2.15 bits per heavy atom. The second kappa shape index (κ2) is 6.91. The summed E-state index contributed by atoms with van der Waals surface area (Å²) in [6.45, 7) is 0.101. The monoisotopic (exact) mass is 390 g/mol. The molecule has 9 nitrogen and oxygen atoms in total. The Morgan fingerprint density at radius 3 is 2.85 bits per heavy atom. The predicted octanol–water partition coefficient (Wildman–Crippen LogP) is 0.732. The highest BCUT2D eigenvalue weighted by Crippen LogP contribution is 2.36. The van der Waals surface area contributed by atoms with E-state index in [1.165, 1.54) is 4.90 Å². The lowest BCUT2D eigenvalue weighted by molar-refractivity contribution is -0.129. The first-order valence-corrected chi connectivity index (χ1v) is 10.8. The molecule has 0 radical (unpaired) electrons. The number of hydrogen-bond acceptors (Lipinski definition) is 7. The first-order chi connectivity index (χ1) is 12.9. The fraction of sp³-hybridized carbons (Fsp3) is 0.529. The molecule has 1 aromatic heterocycles. The van der Waals surface area contributed by atoms with Gasteiger partial charge < -0.3 is 10.2 Å². The molecular formula is C17H22N6O3S. The highest BCUT2D eigenvalue weighted by atomic mass is 32.2. The van der Waals surface area contributed by atoms with Gasteiger partial charge in [0.05, 0.1) is 24.1 Å². The van der Waals surface area contributed by atoms with Gasteiger partial charge >= 0.3 is 0 Å². The van der Waals surface area contributed by atoms with Gasteiger partial charge in [-0.2, -0.15) is 0 Å². The van der Waals surface area contributed by atoms with Crippen LogP contribution in [0.4, 0.5) is 5.69 Å². The number of amides is 1. The summed E-state index contributed by atoms with van der Waals surface area (Å²) >= 11 is 0. The van der Waals surface area contributed by atoms with Crippen LogP contribution in [0.25, 0.3) is 11.4 Å². The molecule has 2 aromatic rings. The third-order valence-corrected chi connectivity index (χ3v) is 6.85. The van der Waals surface area contributed by atoms with Crippen LogP contribution in [0.3, 0.4) is 0 Å². The molecule has 0 spiro atoms. The molecule has 1 saturated heterocycles. The number of tetrazole rings is 1. The summed E-state index contributed by atoms with van der Waals surface area (Å²) in [5.41, 5.74) is 1.68. The molecule has 4 rings (SSSR count). The van der Waals surface area contributed by atoms with E-state index in [0.717, 1.165) is 29.9 Å². The summed E-state index contributed by atoms with van der Waals surface area (Å²) in [4.78, 5) is 13.9. The number of likely N-dealkylation sites (N-methyl/N-ethyl adjacent to an activating group) is 1. The van der Waals surface area contributed by atoms with Gasteiger partial charge in [0.15, 0.2) is 15.7 Å². The molecule has 2 fully saturated rings. The number of anilines is 1. The van der Waals surface area contributed by atoms with Crippen molar-refractivity contribution in [3.05, 3.63) is 24.3 Å². The van der Waals surface area contributed by atoms with Crippen LogP contribution in [0.1, 0.15) is 25.3 Å². The van der Waals surface area contributed by atoms with Gasteiger partial charge in [0.2, 0.25) is 5.91 Å². The molecule has 1 aromatic carbocycles. The lowest BCUT2D eigenvalue weighted by Crippen LogP contribution is -2.40. The molecule has 0 unspecified atom stereocenters. The van der Waals surface area contributed by atoms with E-state index in [9.17, 15) is 13.2 Å². The molecule has 144 valence electrons. The van der Waals surface area contributed by atoms with E-state index in [2.05, 4.69) is 20.8 Å². The Balaban J connectivity index is 1.40. The van der Waals surface area contributed by atoms with E-state index in [1.807, 2.05) is 28.9 Å². The smallest absolute Gasteiger partial charge is 0.241 e. The molecule has 1 N–H and O–H groups in total. The van der Waals surface area contributed by atoms with Crippen molar-refractivity contribution in [2.75, 3.05) is 30.4 Å². The quantitative estimate of drug-likeness (QED) is 0.774. The van der Waals surface area contributed by atoms with E-state index in [4.69, 9.17) is 0 Å². The van der Waals surface area contributed by atoms with Gasteiger partial charge in [0.1, 0.15) is 0 Å². The van der Waals surface area contributed by atoms with Crippen LogP contribution in [0.15, 0.2) is 24.3 Å². The zero-order chi connectivity index (χ0) is 19.0. The average Bonchev–Trinajstić information content (AvgIpc) is 3.26. The zero-order valence-electron chi connectivity index (χ0n) is 15.1. The minimum absolute atomic E-state index is 0.0501. The molecule has 2 aliphatic rings. The van der Waals surface area contributed by atoms with Crippen LogP contribution >= 0.6 is 0 Å². The Labute approximate surface area is 157 Å². The summed E-state index contributed by atoms with van der Waals surface area (Å²) in [5.74, 6) is 0.792. The van der Waals surface area contributed by atoms with E-state index in [0.29, 0.717) is 12.5 Å². The molecule has 1 atom stereocenters. The molecule has 1 amide bonds. The highest BCUT2D eigenvalue weighted by molar-refractivity contribution is 7.91. The van der Waals surface area contributed by atoms with Crippen LogP contribution in [0.5, 0.6) is 0 Å². The maximum Gasteiger partial charge on any atom is 0.241 e. The van der Waals surface area contributed by atoms with E-state index in [1.54, 1.807) is 7.05 Å². The molecular weight excluding hydrogens is 368 g/mol. The van der Waals surface area contributed by atoms with Gasteiger partial charge in [-0.1, -0.05) is 12.1 Å². The zero-order valence-corrected chi connectivity index (χ0v) is 15.9. The summed E-state index contributed by atoms with van der Waals surface area (Å²) in [6.07, 6.45) is 2.69. The van der Waals surface area contributed by atoms with Crippen LogP contribution in [0, 0.1) is 0 Å². The molecule has 1 aliphatic heterocycles. The molecule has 10 heteroatoms. The van der Waals surface area contributed by atoms with Crippen molar-refractivity contribution in [1.29, 1.82) is 0 Å². The van der Waals surface area contributed by atoms with Gasteiger partial charge in [0.25, 0.3) is 0 Å². The number of rotatable bonds is 6. The van der Waals surface area contributed by atoms with Gasteiger partial charge in [-0.05, 0) is 41.8 Å². The normalized spacial score (nSPS) is 21.1. The maximum atomic E-state index is 12.4. The van der Waals surface area contributed by atoms with Gasteiger partial charge in [0, 0.05) is 24.3 Å².